The van der Waals surface area contributed by atoms with E-state index in [-0.39, 0.29) is 4.90 Å². The lowest BCUT2D eigenvalue weighted by atomic mass is 10.0. The van der Waals surface area contributed by atoms with Crippen LogP contribution in [0.1, 0.15) is 11.1 Å². The van der Waals surface area contributed by atoms with Gasteiger partial charge in [0.1, 0.15) is 11.5 Å². The number of sulfonamides is 1. The predicted octanol–water partition coefficient (Wildman–Crippen LogP) is 1.94. The molecule has 0 spiro atoms. The minimum atomic E-state index is -3.66. The lowest BCUT2D eigenvalue weighted by molar-refractivity contribution is 0.391. The first kappa shape index (κ1) is 15.3. The van der Waals surface area contributed by atoms with Crippen molar-refractivity contribution in [3.63, 3.8) is 0 Å². The number of rotatable bonds is 5. The molecule has 2 aromatic rings. The lowest BCUT2D eigenvalue weighted by Gasteiger charge is -2.10. The van der Waals surface area contributed by atoms with E-state index in [0.717, 1.165) is 22.6 Å². The normalized spacial score (nSPS) is 11.2. The van der Waals surface area contributed by atoms with Crippen LogP contribution < -0.4 is 14.6 Å². The number of nitrogens with two attached hydrogens (primary N) is 1. The summed E-state index contributed by atoms with van der Waals surface area (Å²) in [6.45, 7) is 0. The Morgan fingerprint density at radius 1 is 1.00 bits per heavy atom. The molecule has 21 heavy (non-hydrogen) atoms. The molecule has 0 saturated heterocycles. The average Bonchev–Trinajstić information content (AvgIpc) is 2.47. The largest absolute Gasteiger partial charge is 0.497 e. The number of ether oxygens (including phenoxy) is 2. The monoisotopic (exact) mass is 307 g/mol. The van der Waals surface area contributed by atoms with E-state index in [0.29, 0.717) is 6.42 Å². The maximum atomic E-state index is 11.2. The van der Waals surface area contributed by atoms with Gasteiger partial charge >= 0.3 is 0 Å². The standard InChI is InChI=1S/C15H17NO4S/c1-19-13-6-5-12(15(10-13)20-2)9-11-3-7-14(8-4-11)21(16,17)18/h3-8,10H,9H2,1-2H3,(H2,16,17,18). The molecule has 0 heterocycles. The highest BCUT2D eigenvalue weighted by atomic mass is 32.2. The Morgan fingerprint density at radius 2 is 1.67 bits per heavy atom. The summed E-state index contributed by atoms with van der Waals surface area (Å²) in [5, 5.41) is 5.08. The highest BCUT2D eigenvalue weighted by Crippen LogP contribution is 2.26. The fourth-order valence-electron chi connectivity index (χ4n) is 2.01. The summed E-state index contributed by atoms with van der Waals surface area (Å²) in [6.07, 6.45) is 0.623. The molecular weight excluding hydrogens is 290 g/mol. The summed E-state index contributed by atoms with van der Waals surface area (Å²) in [5.74, 6) is 1.45. The van der Waals surface area contributed by atoms with Crippen LogP contribution in [0.25, 0.3) is 0 Å². The third-order valence-corrected chi connectivity index (χ3v) is 4.07. The quantitative estimate of drug-likeness (QED) is 0.915. The Balaban J connectivity index is 2.26. The second-order valence-corrected chi connectivity index (χ2v) is 6.10. The van der Waals surface area contributed by atoms with E-state index in [1.165, 1.54) is 12.1 Å². The SMILES string of the molecule is COc1ccc(Cc2ccc(S(N)(=O)=O)cc2)c(OC)c1. The van der Waals surface area contributed by atoms with Crippen molar-refractivity contribution in [2.24, 2.45) is 5.14 Å². The molecule has 0 aliphatic heterocycles. The molecule has 0 unspecified atom stereocenters. The van der Waals surface area contributed by atoms with E-state index in [1.807, 2.05) is 18.2 Å². The minimum absolute atomic E-state index is 0.105. The zero-order valence-electron chi connectivity index (χ0n) is 11.9. The molecule has 0 saturated carbocycles. The lowest BCUT2D eigenvalue weighted by Crippen LogP contribution is -2.11. The number of primary sulfonamides is 1. The van der Waals surface area contributed by atoms with Crippen molar-refractivity contribution >= 4 is 10.0 Å². The number of benzene rings is 2. The van der Waals surface area contributed by atoms with Gasteiger partial charge < -0.3 is 9.47 Å². The van der Waals surface area contributed by atoms with Gasteiger partial charge in [-0.05, 0) is 29.3 Å². The first-order valence-electron chi connectivity index (χ1n) is 6.26. The smallest absolute Gasteiger partial charge is 0.238 e. The highest BCUT2D eigenvalue weighted by Gasteiger charge is 2.09. The van der Waals surface area contributed by atoms with E-state index >= 15 is 0 Å². The van der Waals surface area contributed by atoms with Crippen molar-refractivity contribution in [3.8, 4) is 11.5 Å². The fraction of sp³-hybridized carbons (Fsp3) is 0.200. The first-order chi connectivity index (χ1) is 9.94. The van der Waals surface area contributed by atoms with Gasteiger partial charge in [0.15, 0.2) is 0 Å². The molecule has 2 aromatic carbocycles. The van der Waals surface area contributed by atoms with Gasteiger partial charge in [0.05, 0.1) is 19.1 Å². The molecule has 2 N–H and O–H groups in total. The van der Waals surface area contributed by atoms with Gasteiger partial charge in [-0.3, -0.25) is 0 Å². The molecule has 112 valence electrons. The van der Waals surface area contributed by atoms with Crippen molar-refractivity contribution in [3.05, 3.63) is 53.6 Å². The number of hydrogen-bond donors (Lipinski definition) is 1. The van der Waals surface area contributed by atoms with Gasteiger partial charge in [0.2, 0.25) is 10.0 Å². The summed E-state index contributed by atoms with van der Waals surface area (Å²) in [6, 6.07) is 12.1. The van der Waals surface area contributed by atoms with Gasteiger partial charge in [0.25, 0.3) is 0 Å². The van der Waals surface area contributed by atoms with Gasteiger partial charge in [-0.1, -0.05) is 18.2 Å². The van der Waals surface area contributed by atoms with Crippen molar-refractivity contribution in [1.29, 1.82) is 0 Å². The summed E-state index contributed by atoms with van der Waals surface area (Å²) >= 11 is 0. The summed E-state index contributed by atoms with van der Waals surface area (Å²) in [4.78, 5) is 0.105. The van der Waals surface area contributed by atoms with Crippen LogP contribution in [0.3, 0.4) is 0 Å². The van der Waals surface area contributed by atoms with Crippen molar-refractivity contribution in [1.82, 2.24) is 0 Å². The molecule has 6 heteroatoms. The third kappa shape index (κ3) is 3.74. The van der Waals surface area contributed by atoms with Gasteiger partial charge in [-0.2, -0.15) is 0 Å². The zero-order chi connectivity index (χ0) is 15.5. The Kier molecular flexibility index (Phi) is 4.50. The molecule has 0 aliphatic carbocycles. The summed E-state index contributed by atoms with van der Waals surface area (Å²) < 4.78 is 32.9. The highest BCUT2D eigenvalue weighted by molar-refractivity contribution is 7.89. The molecule has 2 rings (SSSR count). The van der Waals surface area contributed by atoms with Crippen LogP contribution in [0.5, 0.6) is 11.5 Å². The second kappa shape index (κ2) is 6.15. The van der Waals surface area contributed by atoms with Crippen LogP contribution in [0.4, 0.5) is 0 Å². The zero-order valence-corrected chi connectivity index (χ0v) is 12.7. The van der Waals surface area contributed by atoms with Gasteiger partial charge in [-0.25, -0.2) is 13.6 Å². The van der Waals surface area contributed by atoms with Crippen LogP contribution >= 0.6 is 0 Å². The van der Waals surface area contributed by atoms with Crippen LogP contribution in [-0.4, -0.2) is 22.6 Å². The Morgan fingerprint density at radius 3 is 2.19 bits per heavy atom. The van der Waals surface area contributed by atoms with Gasteiger partial charge in [0, 0.05) is 12.5 Å². The summed E-state index contributed by atoms with van der Waals surface area (Å²) in [7, 11) is -0.458. The van der Waals surface area contributed by atoms with Crippen molar-refractivity contribution in [2.75, 3.05) is 14.2 Å². The van der Waals surface area contributed by atoms with E-state index in [1.54, 1.807) is 26.4 Å². The van der Waals surface area contributed by atoms with Crippen LogP contribution in [0.15, 0.2) is 47.4 Å². The topological polar surface area (TPSA) is 78.6 Å². The average molecular weight is 307 g/mol. The molecule has 0 bridgehead atoms. The minimum Gasteiger partial charge on any atom is -0.497 e. The van der Waals surface area contributed by atoms with E-state index < -0.39 is 10.0 Å². The van der Waals surface area contributed by atoms with E-state index in [2.05, 4.69) is 0 Å². The maximum absolute atomic E-state index is 11.2. The van der Waals surface area contributed by atoms with Crippen LogP contribution in [0, 0.1) is 0 Å². The van der Waals surface area contributed by atoms with Crippen molar-refractivity contribution < 1.29 is 17.9 Å². The number of methoxy groups -OCH3 is 2. The maximum Gasteiger partial charge on any atom is 0.238 e. The van der Waals surface area contributed by atoms with Gasteiger partial charge in [-0.15, -0.1) is 0 Å². The Hall–Kier alpha value is -2.05. The first-order valence-corrected chi connectivity index (χ1v) is 7.81. The van der Waals surface area contributed by atoms with Crippen LogP contribution in [0.2, 0.25) is 0 Å². The second-order valence-electron chi connectivity index (χ2n) is 4.54. The Labute approximate surface area is 124 Å². The molecule has 0 amide bonds. The molecule has 0 aromatic heterocycles. The molecular formula is C15H17NO4S. The van der Waals surface area contributed by atoms with Crippen molar-refractivity contribution in [2.45, 2.75) is 11.3 Å². The van der Waals surface area contributed by atoms with Crippen LogP contribution in [-0.2, 0) is 16.4 Å². The summed E-state index contributed by atoms with van der Waals surface area (Å²) in [5.41, 5.74) is 1.95. The molecule has 0 radical (unpaired) electrons. The third-order valence-electron chi connectivity index (χ3n) is 3.14. The number of hydrogen-bond acceptors (Lipinski definition) is 4. The molecule has 0 atom stereocenters. The fourth-order valence-corrected chi connectivity index (χ4v) is 2.53. The molecule has 0 aliphatic rings. The Bertz CT molecular complexity index is 724. The van der Waals surface area contributed by atoms with E-state index in [9.17, 15) is 8.42 Å². The van der Waals surface area contributed by atoms with E-state index in [4.69, 9.17) is 14.6 Å². The molecule has 5 nitrogen and oxygen atoms in total. The predicted molar refractivity (Wildman–Crippen MR) is 80.2 cm³/mol. The molecule has 0 fully saturated rings.